The molecule has 4 heteroatoms. The highest BCUT2D eigenvalue weighted by Gasteiger charge is 2.41. The Kier molecular flexibility index (Phi) is 3.19. The van der Waals surface area contributed by atoms with E-state index in [2.05, 4.69) is 5.32 Å². The van der Waals surface area contributed by atoms with Crippen LogP contribution in [0.2, 0.25) is 0 Å². The predicted octanol–water partition coefficient (Wildman–Crippen LogP) is 3.06. The highest BCUT2D eigenvalue weighted by atomic mass is 19.3. The molecule has 1 aromatic carbocycles. The molecule has 0 amide bonds. The van der Waals surface area contributed by atoms with Crippen molar-refractivity contribution in [1.82, 2.24) is 5.32 Å². The van der Waals surface area contributed by atoms with Crippen molar-refractivity contribution in [2.75, 3.05) is 6.54 Å². The van der Waals surface area contributed by atoms with Gasteiger partial charge in [-0.15, -0.1) is 0 Å². The second-order valence-electron chi connectivity index (χ2n) is 4.13. The zero-order valence-electron chi connectivity index (χ0n) is 8.85. The third-order valence-corrected chi connectivity index (χ3v) is 2.98. The first-order chi connectivity index (χ1) is 7.60. The molecule has 0 bridgehead atoms. The maximum Gasteiger partial charge on any atom is 0.288 e. The summed E-state index contributed by atoms with van der Waals surface area (Å²) in [7, 11) is 0. The fourth-order valence-electron chi connectivity index (χ4n) is 2.03. The van der Waals surface area contributed by atoms with Crippen molar-refractivity contribution in [3.8, 4) is 0 Å². The van der Waals surface area contributed by atoms with E-state index in [4.69, 9.17) is 0 Å². The molecule has 0 aromatic heterocycles. The summed E-state index contributed by atoms with van der Waals surface area (Å²) in [5.41, 5.74) is -0.117. The van der Waals surface area contributed by atoms with Gasteiger partial charge in [0.15, 0.2) is 0 Å². The van der Waals surface area contributed by atoms with E-state index in [1.807, 2.05) is 0 Å². The molecule has 1 saturated heterocycles. The van der Waals surface area contributed by atoms with Gasteiger partial charge in [-0.2, -0.15) is 8.78 Å². The molecule has 1 aliphatic heterocycles. The van der Waals surface area contributed by atoms with Crippen molar-refractivity contribution in [1.29, 1.82) is 0 Å². The van der Waals surface area contributed by atoms with E-state index in [1.54, 1.807) is 0 Å². The normalized spacial score (nSPS) is 22.1. The topological polar surface area (TPSA) is 12.0 Å². The molecule has 1 aliphatic rings. The van der Waals surface area contributed by atoms with Crippen LogP contribution in [0.3, 0.4) is 0 Å². The van der Waals surface area contributed by atoms with Crippen LogP contribution in [0.25, 0.3) is 0 Å². The molecule has 1 atom stereocenters. The number of rotatable bonds is 2. The monoisotopic (exact) mass is 229 g/mol. The van der Waals surface area contributed by atoms with Crippen LogP contribution in [0.5, 0.6) is 0 Å². The van der Waals surface area contributed by atoms with Crippen molar-refractivity contribution in [2.45, 2.75) is 31.2 Å². The third kappa shape index (κ3) is 2.21. The van der Waals surface area contributed by atoms with Gasteiger partial charge in [-0.1, -0.05) is 18.6 Å². The first-order valence-electron chi connectivity index (χ1n) is 5.48. The summed E-state index contributed by atoms with van der Waals surface area (Å²) >= 11 is 0. The zero-order valence-corrected chi connectivity index (χ0v) is 8.85. The van der Waals surface area contributed by atoms with Crippen LogP contribution < -0.4 is 5.32 Å². The number of piperidine rings is 1. The zero-order chi connectivity index (χ0) is 11.6. The molecule has 0 radical (unpaired) electrons. The van der Waals surface area contributed by atoms with E-state index in [1.165, 1.54) is 0 Å². The minimum Gasteiger partial charge on any atom is -0.308 e. The lowest BCUT2D eigenvalue weighted by molar-refractivity contribution is -0.0512. The molecule has 1 heterocycles. The molecular formula is C12H14F3N. The highest BCUT2D eigenvalue weighted by molar-refractivity contribution is 5.23. The van der Waals surface area contributed by atoms with E-state index < -0.39 is 17.8 Å². The fraction of sp³-hybridized carbons (Fsp3) is 0.500. The van der Waals surface area contributed by atoms with Crippen LogP contribution in [-0.2, 0) is 5.92 Å². The molecule has 2 rings (SSSR count). The molecule has 16 heavy (non-hydrogen) atoms. The second kappa shape index (κ2) is 4.45. The predicted molar refractivity (Wildman–Crippen MR) is 55.9 cm³/mol. The summed E-state index contributed by atoms with van der Waals surface area (Å²) in [6, 6.07) is 3.64. The maximum atomic E-state index is 14.0. The van der Waals surface area contributed by atoms with Gasteiger partial charge in [0.2, 0.25) is 0 Å². The van der Waals surface area contributed by atoms with Gasteiger partial charge in [-0.25, -0.2) is 4.39 Å². The molecule has 0 spiro atoms. The van der Waals surface area contributed by atoms with Crippen molar-refractivity contribution in [3.05, 3.63) is 35.6 Å². The number of hydrogen-bond donors (Lipinski definition) is 1. The molecule has 88 valence electrons. The minimum atomic E-state index is -2.92. The first kappa shape index (κ1) is 11.5. The highest BCUT2D eigenvalue weighted by Crippen LogP contribution is 2.35. The van der Waals surface area contributed by atoms with Gasteiger partial charge in [0.05, 0.1) is 6.04 Å². The minimum absolute atomic E-state index is 0.117. The molecule has 0 saturated carbocycles. The van der Waals surface area contributed by atoms with E-state index in [0.29, 0.717) is 13.0 Å². The van der Waals surface area contributed by atoms with Crippen LogP contribution >= 0.6 is 0 Å². The van der Waals surface area contributed by atoms with Crippen LogP contribution in [-0.4, -0.2) is 12.6 Å². The standard InChI is InChI=1S/C12H14F3N/c13-10-6-4-9(5-7-10)12(14,15)11-3-1-2-8-16-11/h4-7,11,16H,1-3,8H2. The lowest BCUT2D eigenvalue weighted by Crippen LogP contribution is -2.45. The van der Waals surface area contributed by atoms with Gasteiger partial charge in [0, 0.05) is 5.56 Å². The maximum absolute atomic E-state index is 14.0. The molecular weight excluding hydrogens is 215 g/mol. The molecule has 1 nitrogen and oxygen atoms in total. The Balaban J connectivity index is 2.19. The Bertz CT molecular complexity index is 342. The molecule has 1 aromatic rings. The molecule has 0 aliphatic carbocycles. The van der Waals surface area contributed by atoms with Gasteiger partial charge in [-0.05, 0) is 31.5 Å². The van der Waals surface area contributed by atoms with Crippen molar-refractivity contribution >= 4 is 0 Å². The summed E-state index contributed by atoms with van der Waals surface area (Å²) in [5.74, 6) is -3.41. The Labute approximate surface area is 92.7 Å². The largest absolute Gasteiger partial charge is 0.308 e. The van der Waals surface area contributed by atoms with Gasteiger partial charge in [-0.3, -0.25) is 0 Å². The lowest BCUT2D eigenvalue weighted by Gasteiger charge is -2.31. The number of benzene rings is 1. The number of alkyl halides is 2. The number of halogens is 3. The van der Waals surface area contributed by atoms with Crippen molar-refractivity contribution in [3.63, 3.8) is 0 Å². The molecule has 1 unspecified atom stereocenters. The summed E-state index contributed by atoms with van der Waals surface area (Å²) in [5, 5.41) is 2.83. The average Bonchev–Trinajstić information content (AvgIpc) is 2.31. The van der Waals surface area contributed by atoms with Gasteiger partial charge in [0.1, 0.15) is 5.82 Å². The Morgan fingerprint density at radius 3 is 2.38 bits per heavy atom. The van der Waals surface area contributed by atoms with Gasteiger partial charge < -0.3 is 5.32 Å². The van der Waals surface area contributed by atoms with Crippen LogP contribution in [0.4, 0.5) is 13.2 Å². The number of hydrogen-bond acceptors (Lipinski definition) is 1. The van der Waals surface area contributed by atoms with Crippen LogP contribution in [0, 0.1) is 5.82 Å². The SMILES string of the molecule is Fc1ccc(C(F)(F)C2CCCCN2)cc1. The van der Waals surface area contributed by atoms with Crippen molar-refractivity contribution in [2.24, 2.45) is 0 Å². The Morgan fingerprint density at radius 1 is 1.12 bits per heavy atom. The van der Waals surface area contributed by atoms with E-state index >= 15 is 0 Å². The Hall–Kier alpha value is -1.03. The summed E-state index contributed by atoms with van der Waals surface area (Å²) in [6.07, 6.45) is 2.22. The van der Waals surface area contributed by atoms with E-state index in [9.17, 15) is 13.2 Å². The smallest absolute Gasteiger partial charge is 0.288 e. The van der Waals surface area contributed by atoms with Gasteiger partial charge in [0.25, 0.3) is 5.92 Å². The third-order valence-electron chi connectivity index (χ3n) is 2.98. The number of nitrogens with one attached hydrogen (secondary N) is 1. The van der Waals surface area contributed by atoms with Crippen molar-refractivity contribution < 1.29 is 13.2 Å². The Morgan fingerprint density at radius 2 is 1.81 bits per heavy atom. The first-order valence-corrected chi connectivity index (χ1v) is 5.48. The fourth-order valence-corrected chi connectivity index (χ4v) is 2.03. The molecule has 1 N–H and O–H groups in total. The average molecular weight is 229 g/mol. The quantitative estimate of drug-likeness (QED) is 0.821. The van der Waals surface area contributed by atoms with E-state index in [0.717, 1.165) is 37.1 Å². The second-order valence-corrected chi connectivity index (χ2v) is 4.13. The van der Waals surface area contributed by atoms with Crippen LogP contribution in [0.15, 0.2) is 24.3 Å². The van der Waals surface area contributed by atoms with Gasteiger partial charge >= 0.3 is 0 Å². The summed E-state index contributed by atoms with van der Waals surface area (Å²) in [6.45, 7) is 0.626. The lowest BCUT2D eigenvalue weighted by atomic mass is 9.94. The van der Waals surface area contributed by atoms with Crippen LogP contribution in [0.1, 0.15) is 24.8 Å². The molecule has 1 fully saturated rings. The summed E-state index contributed by atoms with van der Waals surface area (Å²) in [4.78, 5) is 0. The van der Waals surface area contributed by atoms with E-state index in [-0.39, 0.29) is 5.56 Å². The summed E-state index contributed by atoms with van der Waals surface area (Å²) < 4.78 is 40.6.